The van der Waals surface area contributed by atoms with E-state index in [0.29, 0.717) is 17.1 Å². The number of hydrogen-bond acceptors (Lipinski definition) is 3. The summed E-state index contributed by atoms with van der Waals surface area (Å²) in [4.78, 5) is 26.7. The molecule has 0 bridgehead atoms. The van der Waals surface area contributed by atoms with Crippen molar-refractivity contribution in [3.05, 3.63) is 92.6 Å². The highest BCUT2D eigenvalue weighted by molar-refractivity contribution is 7.08. The molecule has 5 nitrogen and oxygen atoms in total. The van der Waals surface area contributed by atoms with E-state index >= 15 is 0 Å². The number of amides is 3. The molecule has 2 N–H and O–H groups in total. The van der Waals surface area contributed by atoms with Gasteiger partial charge in [0.1, 0.15) is 0 Å². The Kier molecular flexibility index (Phi) is 7.71. The number of halogens is 1. The standard InChI is InChI=1S/C24H26ClN3O2S/c1-16(2)28(3)23(29)19-6-4-17(5-7-19)14-26-24(30)27-22(20-12-13-31-15-20)18-8-10-21(25)11-9-18/h4-13,15-16,22H,14H2,1-3H3,(H2,26,27,30). The van der Waals surface area contributed by atoms with Crippen LogP contribution in [0, 0.1) is 0 Å². The molecule has 2 aromatic carbocycles. The molecule has 3 rings (SSSR count). The van der Waals surface area contributed by atoms with Crippen LogP contribution in [-0.2, 0) is 6.54 Å². The van der Waals surface area contributed by atoms with Crippen molar-refractivity contribution < 1.29 is 9.59 Å². The fourth-order valence-electron chi connectivity index (χ4n) is 3.02. The van der Waals surface area contributed by atoms with E-state index in [0.717, 1.165) is 16.7 Å². The number of benzene rings is 2. The van der Waals surface area contributed by atoms with Crippen LogP contribution in [0.1, 0.15) is 46.9 Å². The molecule has 0 saturated heterocycles. The fourth-order valence-corrected chi connectivity index (χ4v) is 3.83. The Morgan fingerprint density at radius 3 is 2.26 bits per heavy atom. The Labute approximate surface area is 192 Å². The highest BCUT2D eigenvalue weighted by Crippen LogP contribution is 2.25. The molecule has 0 fully saturated rings. The van der Waals surface area contributed by atoms with E-state index in [2.05, 4.69) is 10.6 Å². The number of nitrogens with one attached hydrogen (secondary N) is 2. The lowest BCUT2D eigenvalue weighted by Gasteiger charge is -2.21. The Bertz CT molecular complexity index is 1000. The summed E-state index contributed by atoms with van der Waals surface area (Å²) in [5, 5.41) is 10.6. The van der Waals surface area contributed by atoms with Crippen LogP contribution in [0.25, 0.3) is 0 Å². The van der Waals surface area contributed by atoms with Crippen molar-refractivity contribution in [2.75, 3.05) is 7.05 Å². The zero-order valence-electron chi connectivity index (χ0n) is 17.8. The number of rotatable bonds is 7. The molecular weight excluding hydrogens is 430 g/mol. The molecule has 0 aliphatic rings. The number of hydrogen-bond donors (Lipinski definition) is 2. The van der Waals surface area contributed by atoms with Crippen molar-refractivity contribution in [1.82, 2.24) is 15.5 Å². The van der Waals surface area contributed by atoms with Crippen LogP contribution >= 0.6 is 22.9 Å². The van der Waals surface area contributed by atoms with Crippen molar-refractivity contribution in [3.8, 4) is 0 Å². The molecule has 3 amide bonds. The van der Waals surface area contributed by atoms with E-state index in [1.165, 1.54) is 0 Å². The average molecular weight is 456 g/mol. The highest BCUT2D eigenvalue weighted by Gasteiger charge is 2.18. The minimum Gasteiger partial charge on any atom is -0.339 e. The first kappa shape index (κ1) is 22.8. The molecular formula is C24H26ClN3O2S. The molecule has 0 saturated carbocycles. The van der Waals surface area contributed by atoms with Gasteiger partial charge in [-0.25, -0.2) is 4.79 Å². The molecule has 1 unspecified atom stereocenters. The number of urea groups is 1. The van der Waals surface area contributed by atoms with Gasteiger partial charge in [0, 0.05) is 30.2 Å². The van der Waals surface area contributed by atoms with Crippen molar-refractivity contribution >= 4 is 34.9 Å². The van der Waals surface area contributed by atoms with Gasteiger partial charge < -0.3 is 15.5 Å². The minimum atomic E-state index is -0.272. The summed E-state index contributed by atoms with van der Waals surface area (Å²) in [5.74, 6) is -0.0196. The van der Waals surface area contributed by atoms with Crippen LogP contribution in [0.3, 0.4) is 0 Å². The molecule has 7 heteroatoms. The minimum absolute atomic E-state index is 0.0196. The van der Waals surface area contributed by atoms with Gasteiger partial charge in [0.05, 0.1) is 6.04 Å². The molecule has 3 aromatic rings. The highest BCUT2D eigenvalue weighted by atomic mass is 35.5. The zero-order chi connectivity index (χ0) is 22.4. The predicted molar refractivity (Wildman–Crippen MR) is 127 cm³/mol. The van der Waals surface area contributed by atoms with E-state index < -0.39 is 0 Å². The first-order valence-corrected chi connectivity index (χ1v) is 11.3. The number of nitrogens with zero attached hydrogens (tertiary/aromatic N) is 1. The Morgan fingerprint density at radius 1 is 1.00 bits per heavy atom. The van der Waals surface area contributed by atoms with E-state index in [1.54, 1.807) is 35.4 Å². The van der Waals surface area contributed by atoms with Gasteiger partial charge in [0.25, 0.3) is 5.91 Å². The van der Waals surface area contributed by atoms with E-state index in [9.17, 15) is 9.59 Å². The van der Waals surface area contributed by atoms with Crippen LogP contribution in [-0.4, -0.2) is 29.9 Å². The first-order valence-electron chi connectivity index (χ1n) is 10.0. The fraction of sp³-hybridized carbons (Fsp3) is 0.250. The molecule has 1 heterocycles. The second kappa shape index (κ2) is 10.5. The van der Waals surface area contributed by atoms with Gasteiger partial charge >= 0.3 is 6.03 Å². The van der Waals surface area contributed by atoms with Gasteiger partial charge in [-0.05, 0) is 71.6 Å². The number of carbonyl (C=O) groups excluding carboxylic acids is 2. The van der Waals surface area contributed by atoms with E-state index in [-0.39, 0.29) is 24.0 Å². The quantitative estimate of drug-likeness (QED) is 0.496. The van der Waals surface area contributed by atoms with Gasteiger partial charge in [0.2, 0.25) is 0 Å². The Balaban J connectivity index is 1.62. The predicted octanol–water partition coefficient (Wildman–Crippen LogP) is 5.47. The van der Waals surface area contributed by atoms with E-state index in [4.69, 9.17) is 11.6 Å². The largest absolute Gasteiger partial charge is 0.339 e. The summed E-state index contributed by atoms with van der Waals surface area (Å²) >= 11 is 7.59. The number of thiophene rings is 1. The van der Waals surface area contributed by atoms with Crippen LogP contribution < -0.4 is 10.6 Å². The van der Waals surface area contributed by atoms with Crippen molar-refractivity contribution in [2.45, 2.75) is 32.5 Å². The topological polar surface area (TPSA) is 61.4 Å². The summed E-state index contributed by atoms with van der Waals surface area (Å²) in [5.41, 5.74) is 3.51. The molecule has 0 spiro atoms. The number of carbonyl (C=O) groups is 2. The average Bonchev–Trinajstić information content (AvgIpc) is 3.30. The third kappa shape index (κ3) is 6.09. The Hall–Kier alpha value is -2.83. The van der Waals surface area contributed by atoms with Crippen molar-refractivity contribution in [3.63, 3.8) is 0 Å². The third-order valence-electron chi connectivity index (χ3n) is 5.10. The molecule has 31 heavy (non-hydrogen) atoms. The lowest BCUT2D eigenvalue weighted by Crippen LogP contribution is -2.38. The van der Waals surface area contributed by atoms with Gasteiger partial charge in [0.15, 0.2) is 0 Å². The molecule has 162 valence electrons. The third-order valence-corrected chi connectivity index (χ3v) is 6.06. The second-order valence-corrected chi connectivity index (χ2v) is 8.79. The molecule has 1 aromatic heterocycles. The zero-order valence-corrected chi connectivity index (χ0v) is 19.3. The maximum atomic E-state index is 12.6. The van der Waals surface area contributed by atoms with E-state index in [1.807, 2.05) is 67.1 Å². The van der Waals surface area contributed by atoms with Gasteiger partial charge in [-0.2, -0.15) is 11.3 Å². The summed E-state index contributed by atoms with van der Waals surface area (Å²) < 4.78 is 0. The SMILES string of the molecule is CC(C)N(C)C(=O)c1ccc(CNC(=O)NC(c2ccc(Cl)cc2)c2ccsc2)cc1. The van der Waals surface area contributed by atoms with Crippen LogP contribution in [0.5, 0.6) is 0 Å². The van der Waals surface area contributed by atoms with Crippen LogP contribution in [0.15, 0.2) is 65.4 Å². The molecule has 0 aliphatic heterocycles. The van der Waals surface area contributed by atoms with Gasteiger partial charge in [-0.15, -0.1) is 0 Å². The molecule has 1 atom stereocenters. The maximum absolute atomic E-state index is 12.6. The smallest absolute Gasteiger partial charge is 0.315 e. The maximum Gasteiger partial charge on any atom is 0.315 e. The molecule has 0 aliphatic carbocycles. The summed E-state index contributed by atoms with van der Waals surface area (Å²) in [6.45, 7) is 4.31. The lowest BCUT2D eigenvalue weighted by molar-refractivity contribution is 0.0755. The van der Waals surface area contributed by atoms with Crippen molar-refractivity contribution in [1.29, 1.82) is 0 Å². The van der Waals surface area contributed by atoms with Crippen LogP contribution in [0.4, 0.5) is 4.79 Å². The monoisotopic (exact) mass is 455 g/mol. The first-order chi connectivity index (χ1) is 14.8. The van der Waals surface area contributed by atoms with Crippen LogP contribution in [0.2, 0.25) is 5.02 Å². The normalized spacial score (nSPS) is 11.8. The molecule has 0 radical (unpaired) electrons. The van der Waals surface area contributed by atoms with Gasteiger partial charge in [-0.3, -0.25) is 4.79 Å². The van der Waals surface area contributed by atoms with Crippen molar-refractivity contribution in [2.24, 2.45) is 0 Å². The second-order valence-electron chi connectivity index (χ2n) is 7.57. The summed E-state index contributed by atoms with van der Waals surface area (Å²) in [6.07, 6.45) is 0. The van der Waals surface area contributed by atoms with Gasteiger partial charge in [-0.1, -0.05) is 35.9 Å². The summed E-state index contributed by atoms with van der Waals surface area (Å²) in [7, 11) is 1.79. The lowest BCUT2D eigenvalue weighted by atomic mass is 10.0. The summed E-state index contributed by atoms with van der Waals surface area (Å²) in [6, 6.07) is 16.3. The Morgan fingerprint density at radius 2 is 1.68 bits per heavy atom.